The second-order valence-corrected chi connectivity index (χ2v) is 4.91. The summed E-state index contributed by atoms with van der Waals surface area (Å²) in [6, 6.07) is 7.14. The number of carbonyl (C=O) groups is 1. The van der Waals surface area contributed by atoms with E-state index in [4.69, 9.17) is 4.74 Å². The molecular formula is C18H19NO3. The average Bonchev–Trinajstić information content (AvgIpc) is 2.59. The van der Waals surface area contributed by atoms with E-state index in [0.717, 1.165) is 31.9 Å². The molecule has 1 fully saturated rings. The van der Waals surface area contributed by atoms with Crippen molar-refractivity contribution in [2.45, 2.75) is 13.0 Å². The van der Waals surface area contributed by atoms with Gasteiger partial charge in [-0.3, -0.25) is 4.90 Å². The molecule has 2 rings (SSSR count). The average molecular weight is 297 g/mol. The van der Waals surface area contributed by atoms with Crippen molar-refractivity contribution in [3.8, 4) is 23.7 Å². The lowest BCUT2D eigenvalue weighted by atomic mass is 10.1. The van der Waals surface area contributed by atoms with Crippen LogP contribution in [0.5, 0.6) is 0 Å². The van der Waals surface area contributed by atoms with Crippen molar-refractivity contribution in [1.29, 1.82) is 0 Å². The maximum Gasteiger partial charge on any atom is 0.337 e. The van der Waals surface area contributed by atoms with Crippen LogP contribution in [-0.2, 0) is 9.47 Å². The normalized spacial score (nSPS) is 15.7. The zero-order chi connectivity index (χ0) is 15.8. The van der Waals surface area contributed by atoms with E-state index in [0.29, 0.717) is 5.56 Å². The summed E-state index contributed by atoms with van der Waals surface area (Å²) < 4.78 is 9.96. The Kier molecular flexibility index (Phi) is 6.03. The van der Waals surface area contributed by atoms with Gasteiger partial charge >= 0.3 is 5.97 Å². The highest BCUT2D eigenvalue weighted by molar-refractivity contribution is 5.89. The molecule has 1 unspecified atom stereocenters. The fraction of sp³-hybridized carbons (Fsp3) is 0.389. The highest BCUT2D eigenvalue weighted by Crippen LogP contribution is 2.04. The molecule has 1 heterocycles. The maximum atomic E-state index is 11.3. The third-order valence-corrected chi connectivity index (χ3v) is 3.45. The van der Waals surface area contributed by atoms with Crippen LogP contribution in [0.3, 0.4) is 0 Å². The van der Waals surface area contributed by atoms with E-state index in [1.54, 1.807) is 24.3 Å². The molecule has 1 atom stereocenters. The third kappa shape index (κ3) is 4.63. The van der Waals surface area contributed by atoms with Gasteiger partial charge in [0, 0.05) is 18.7 Å². The molecule has 0 saturated carbocycles. The van der Waals surface area contributed by atoms with Crippen molar-refractivity contribution in [1.82, 2.24) is 4.90 Å². The molecule has 0 radical (unpaired) electrons. The Bertz CT molecular complexity index is 622. The first-order chi connectivity index (χ1) is 10.7. The Morgan fingerprint density at radius 1 is 1.23 bits per heavy atom. The molecule has 114 valence electrons. The summed E-state index contributed by atoms with van der Waals surface area (Å²) >= 11 is 0. The van der Waals surface area contributed by atoms with Crippen LogP contribution in [0.2, 0.25) is 0 Å². The van der Waals surface area contributed by atoms with E-state index < -0.39 is 0 Å². The van der Waals surface area contributed by atoms with Gasteiger partial charge in [-0.05, 0) is 43.0 Å². The van der Waals surface area contributed by atoms with Gasteiger partial charge in [-0.25, -0.2) is 4.79 Å². The van der Waals surface area contributed by atoms with Crippen molar-refractivity contribution in [2.24, 2.45) is 0 Å². The highest BCUT2D eigenvalue weighted by atomic mass is 16.5. The molecule has 1 aliphatic heterocycles. The van der Waals surface area contributed by atoms with Crippen LogP contribution in [0.25, 0.3) is 0 Å². The largest absolute Gasteiger partial charge is 0.465 e. The van der Waals surface area contributed by atoms with Crippen molar-refractivity contribution in [3.05, 3.63) is 35.4 Å². The quantitative estimate of drug-likeness (QED) is 0.613. The van der Waals surface area contributed by atoms with E-state index in [9.17, 15) is 4.79 Å². The summed E-state index contributed by atoms with van der Waals surface area (Å²) in [6.45, 7) is 5.44. The van der Waals surface area contributed by atoms with Crippen LogP contribution in [0.15, 0.2) is 24.3 Å². The SMILES string of the molecule is COC(=O)c1ccc(C#CC#CC(C)N2CCOCC2)cc1. The minimum Gasteiger partial charge on any atom is -0.465 e. The second-order valence-electron chi connectivity index (χ2n) is 4.91. The summed E-state index contributed by atoms with van der Waals surface area (Å²) in [7, 11) is 1.36. The molecule has 4 heteroatoms. The first-order valence-corrected chi connectivity index (χ1v) is 7.22. The second kappa shape index (κ2) is 8.24. The van der Waals surface area contributed by atoms with Crippen molar-refractivity contribution in [2.75, 3.05) is 33.4 Å². The van der Waals surface area contributed by atoms with E-state index in [1.807, 2.05) is 0 Å². The Morgan fingerprint density at radius 3 is 2.55 bits per heavy atom. The van der Waals surface area contributed by atoms with Crippen LogP contribution >= 0.6 is 0 Å². The molecule has 0 bridgehead atoms. The predicted molar refractivity (Wildman–Crippen MR) is 84.3 cm³/mol. The molecule has 0 amide bonds. The van der Waals surface area contributed by atoms with Gasteiger partial charge in [-0.1, -0.05) is 11.8 Å². The minimum absolute atomic E-state index is 0.180. The topological polar surface area (TPSA) is 38.8 Å². The summed E-state index contributed by atoms with van der Waals surface area (Å²) in [4.78, 5) is 13.6. The Labute approximate surface area is 131 Å². The van der Waals surface area contributed by atoms with Gasteiger partial charge in [0.2, 0.25) is 0 Å². The predicted octanol–water partition coefficient (Wildman–Crippen LogP) is 1.55. The molecule has 1 aliphatic rings. The fourth-order valence-corrected chi connectivity index (χ4v) is 2.11. The van der Waals surface area contributed by atoms with E-state index >= 15 is 0 Å². The molecule has 1 aromatic rings. The van der Waals surface area contributed by atoms with Crippen LogP contribution < -0.4 is 0 Å². The number of carbonyl (C=O) groups excluding carboxylic acids is 1. The molecule has 0 N–H and O–H groups in total. The molecule has 4 nitrogen and oxygen atoms in total. The van der Waals surface area contributed by atoms with Crippen LogP contribution in [0, 0.1) is 23.7 Å². The molecule has 0 aromatic heterocycles. The van der Waals surface area contributed by atoms with Gasteiger partial charge in [0.05, 0.1) is 31.9 Å². The summed E-state index contributed by atoms with van der Waals surface area (Å²) in [6.07, 6.45) is 0. The first-order valence-electron chi connectivity index (χ1n) is 7.22. The number of methoxy groups -OCH3 is 1. The molecule has 22 heavy (non-hydrogen) atoms. The van der Waals surface area contributed by atoms with Gasteiger partial charge in [-0.2, -0.15) is 0 Å². The Morgan fingerprint density at radius 2 is 1.91 bits per heavy atom. The molecular weight excluding hydrogens is 278 g/mol. The van der Waals surface area contributed by atoms with Gasteiger partial charge in [0.15, 0.2) is 0 Å². The lowest BCUT2D eigenvalue weighted by molar-refractivity contribution is 0.0302. The van der Waals surface area contributed by atoms with Crippen LogP contribution in [-0.4, -0.2) is 50.3 Å². The standard InChI is InChI=1S/C18H19NO3/c1-15(19-11-13-22-14-12-19)5-3-4-6-16-7-9-17(10-8-16)18(20)21-2/h7-10,15H,11-14H2,1-2H3. The minimum atomic E-state index is -0.348. The number of morpholine rings is 1. The van der Waals surface area contributed by atoms with Gasteiger partial charge < -0.3 is 9.47 Å². The number of nitrogens with zero attached hydrogens (tertiary/aromatic N) is 1. The summed E-state index contributed by atoms with van der Waals surface area (Å²) in [5.41, 5.74) is 1.33. The number of ether oxygens (including phenoxy) is 2. The van der Waals surface area contributed by atoms with E-state index in [1.165, 1.54) is 7.11 Å². The van der Waals surface area contributed by atoms with Gasteiger partial charge in [0.25, 0.3) is 0 Å². The number of hydrogen-bond acceptors (Lipinski definition) is 4. The molecule has 1 saturated heterocycles. The zero-order valence-electron chi connectivity index (χ0n) is 12.9. The van der Waals surface area contributed by atoms with Crippen molar-refractivity contribution >= 4 is 5.97 Å². The summed E-state index contributed by atoms with van der Waals surface area (Å²) in [5, 5.41) is 0. The Hall–Kier alpha value is -2.27. The van der Waals surface area contributed by atoms with E-state index in [-0.39, 0.29) is 12.0 Å². The molecule has 0 aliphatic carbocycles. The maximum absolute atomic E-state index is 11.3. The molecule has 1 aromatic carbocycles. The number of esters is 1. The van der Waals surface area contributed by atoms with Crippen LogP contribution in [0.4, 0.5) is 0 Å². The Balaban J connectivity index is 1.93. The highest BCUT2D eigenvalue weighted by Gasteiger charge is 2.14. The lowest BCUT2D eigenvalue weighted by Gasteiger charge is -2.29. The van der Waals surface area contributed by atoms with Gasteiger partial charge in [-0.15, -0.1) is 0 Å². The van der Waals surface area contributed by atoms with Crippen molar-refractivity contribution in [3.63, 3.8) is 0 Å². The zero-order valence-corrected chi connectivity index (χ0v) is 12.9. The molecule has 0 spiro atoms. The fourth-order valence-electron chi connectivity index (χ4n) is 2.11. The van der Waals surface area contributed by atoms with E-state index in [2.05, 4.69) is 40.2 Å². The van der Waals surface area contributed by atoms with Gasteiger partial charge in [0.1, 0.15) is 0 Å². The number of benzene rings is 1. The van der Waals surface area contributed by atoms with Crippen molar-refractivity contribution < 1.29 is 14.3 Å². The number of rotatable bonds is 2. The lowest BCUT2D eigenvalue weighted by Crippen LogP contribution is -2.41. The number of hydrogen-bond donors (Lipinski definition) is 0. The first kappa shape index (κ1) is 16.1. The smallest absolute Gasteiger partial charge is 0.337 e. The van der Waals surface area contributed by atoms with Crippen LogP contribution in [0.1, 0.15) is 22.8 Å². The third-order valence-electron chi connectivity index (χ3n) is 3.45. The summed E-state index contributed by atoms with van der Waals surface area (Å²) in [5.74, 6) is 11.5. The monoisotopic (exact) mass is 297 g/mol.